The van der Waals surface area contributed by atoms with E-state index in [0.717, 1.165) is 148 Å². The van der Waals surface area contributed by atoms with Crippen LogP contribution in [-0.2, 0) is 154 Å². The van der Waals surface area contributed by atoms with E-state index in [1.807, 2.05) is 6.92 Å². The van der Waals surface area contributed by atoms with Gasteiger partial charge in [-0.25, -0.2) is 0 Å². The number of rotatable bonds is 13. The molecule has 7 nitrogen and oxygen atoms in total. The summed E-state index contributed by atoms with van der Waals surface area (Å²) in [7, 11) is 2.56. The molecule has 12 rings (SSSR count). The van der Waals surface area contributed by atoms with Crippen molar-refractivity contribution >= 4 is 24.5 Å². The number of benzene rings is 4. The number of hydrogen-bond acceptors (Lipinski definition) is 7. The van der Waals surface area contributed by atoms with Crippen LogP contribution in [0.15, 0.2) is 48.5 Å². The largest absolute Gasteiger partial charge is 0.541 e. The van der Waals surface area contributed by atoms with Crippen molar-refractivity contribution in [1.29, 1.82) is 0 Å². The van der Waals surface area contributed by atoms with Crippen molar-refractivity contribution in [2.45, 2.75) is 304 Å². The Kier molecular flexibility index (Phi) is 24.4. The average Bonchev–Trinajstić information content (AvgIpc) is 0.742. The van der Waals surface area contributed by atoms with Crippen LogP contribution in [0.4, 0.5) is 0 Å². The van der Waals surface area contributed by atoms with Crippen molar-refractivity contribution in [2.75, 3.05) is 20.8 Å². The van der Waals surface area contributed by atoms with Gasteiger partial charge >= 0.3 is 11.9 Å². The summed E-state index contributed by atoms with van der Waals surface area (Å²) in [6, 6.07) is 20.5. The number of carbonyl (C=O) groups is 2. The van der Waals surface area contributed by atoms with Crippen molar-refractivity contribution in [1.82, 2.24) is 0 Å². The van der Waals surface area contributed by atoms with Crippen molar-refractivity contribution in [3.8, 4) is 0 Å². The summed E-state index contributed by atoms with van der Waals surface area (Å²) >= 11 is 0. The van der Waals surface area contributed by atoms with Crippen LogP contribution in [-0.4, -0.2) is 50.4 Å². The zero-order chi connectivity index (χ0) is 67.8. The summed E-state index contributed by atoms with van der Waals surface area (Å²) < 4.78 is 11.1. The SMILES string of the molecule is CC(C)c1cc2c(cc1Cc1cc3c(cc1C(C)C)CCC1C(C)([C-]=O)CCCC31C)C1(C)CCCC(C)([C-]=O)C1CC2.CCOC(=O)C1(C)CCCC2(C)c3cc(Cc4cc5c(cc4C(C)C)CCC4C(C)(C(=O)OC)CCCC54C)c(C(C)C)cc3CCC12.CO.[Y].[Y]. The molecule has 4 aromatic rings. The molecule has 9 heteroatoms. The molecule has 2 radical (unpaired) electrons. The van der Waals surface area contributed by atoms with E-state index in [9.17, 15) is 19.2 Å². The predicted octanol–water partition coefficient (Wildman–Crippen LogP) is 19.6. The summed E-state index contributed by atoms with van der Waals surface area (Å²) in [5, 5.41) is 7.00. The molecule has 4 aromatic carbocycles. The molecular weight excluding hydrogens is 1320 g/mol. The standard InChI is InChI=1S/C44H62O4.C41H54O2.CH4O.2Y/c1-11-48-40(46)44(9)21-13-19-42(7)36-26-32(34(28(4)5)24-30(36)15-17-38(42)44)22-31-25-35-29(23-33(31)27(2)3)14-16-37-41(35,6)18-12-20-43(37,8)39(45)47-10;1-26(2)32-20-28-11-13-36-38(5,24-42)15-9-17-40(36,7)34(28)22-30(32)19-31-23-35-29(21-33(31)27(3)4)12-14-37-39(6,25-43)16-10-18-41(35,37)8;1-2;;/h23-28,37-38H,11-22H2,1-10H3;20-23,26-27,36-37H,9-19H2,1-8H3;2H,1H3;;/q;-2;;;. The second-order valence-corrected chi connectivity index (χ2v) is 34.3. The van der Waals surface area contributed by atoms with Crippen LogP contribution in [0.1, 0.15) is 333 Å². The Balaban J connectivity index is 0.000000234. The monoisotopic (exact) mass is 1440 g/mol. The van der Waals surface area contributed by atoms with Gasteiger partial charge in [-0.05, 0) is 270 Å². The first-order chi connectivity index (χ1) is 43.9. The Morgan fingerprint density at radius 3 is 0.958 bits per heavy atom. The van der Waals surface area contributed by atoms with E-state index < -0.39 is 10.8 Å². The minimum absolute atomic E-state index is 0. The Morgan fingerprint density at radius 2 is 0.695 bits per heavy atom. The summed E-state index contributed by atoms with van der Waals surface area (Å²) in [5.74, 6) is 3.00. The van der Waals surface area contributed by atoms with Crippen LogP contribution in [0.2, 0.25) is 0 Å². The molecule has 0 heterocycles. The molecule has 4 saturated carbocycles. The first kappa shape index (κ1) is 78.1. The molecule has 0 aromatic heterocycles. The molecule has 0 saturated heterocycles. The molecule has 12 atom stereocenters. The van der Waals surface area contributed by atoms with E-state index in [1.165, 1.54) is 89.0 Å². The van der Waals surface area contributed by atoms with Crippen molar-refractivity contribution < 1.29 is 99.2 Å². The fourth-order valence-electron chi connectivity index (χ4n) is 22.8. The molecule has 514 valence electrons. The van der Waals surface area contributed by atoms with Gasteiger partial charge in [0, 0.05) is 72.5 Å². The smallest absolute Gasteiger partial charge is 0.312 e. The number of methoxy groups -OCH3 is 1. The van der Waals surface area contributed by atoms with E-state index in [1.54, 1.807) is 7.11 Å². The van der Waals surface area contributed by atoms with Gasteiger partial charge in [-0.3, -0.25) is 22.2 Å². The zero-order valence-corrected chi connectivity index (χ0v) is 68.2. The summed E-state index contributed by atoms with van der Waals surface area (Å²) in [6.45, 7) is 39.6. The molecule has 0 spiro atoms. The van der Waals surface area contributed by atoms with Gasteiger partial charge in [0.05, 0.1) is 24.5 Å². The number of aliphatic hydroxyl groups excluding tert-OH is 1. The number of ether oxygens (including phenoxy) is 2. The summed E-state index contributed by atoms with van der Waals surface area (Å²) in [5.41, 5.74) is 22.1. The number of hydrogen-bond donors (Lipinski definition) is 1. The minimum Gasteiger partial charge on any atom is -0.541 e. The number of fused-ring (bicyclic) bond motifs is 12. The molecule has 8 aliphatic carbocycles. The summed E-state index contributed by atoms with van der Waals surface area (Å²) in [6.07, 6.45) is 28.0. The van der Waals surface area contributed by atoms with Crippen LogP contribution in [0.3, 0.4) is 0 Å². The summed E-state index contributed by atoms with van der Waals surface area (Å²) in [4.78, 5) is 51.3. The van der Waals surface area contributed by atoms with Gasteiger partial charge in [-0.1, -0.05) is 196 Å². The maximum Gasteiger partial charge on any atom is 0.312 e. The third kappa shape index (κ3) is 13.5. The molecular formula is C86H120O7Y2-2. The minimum atomic E-state index is -0.441. The Labute approximate surface area is 626 Å². The number of carbonyl (C=O) groups excluding carboxylic acids is 4. The van der Waals surface area contributed by atoms with Gasteiger partial charge in [0.15, 0.2) is 0 Å². The zero-order valence-electron chi connectivity index (χ0n) is 62.6. The van der Waals surface area contributed by atoms with Crippen molar-refractivity contribution in [3.63, 3.8) is 0 Å². The van der Waals surface area contributed by atoms with Crippen LogP contribution < -0.4 is 0 Å². The van der Waals surface area contributed by atoms with Gasteiger partial charge in [-0.2, -0.15) is 0 Å². The molecule has 0 amide bonds. The fourth-order valence-corrected chi connectivity index (χ4v) is 22.8. The number of aliphatic hydroxyl groups is 1. The third-order valence-corrected chi connectivity index (χ3v) is 27.6. The van der Waals surface area contributed by atoms with E-state index in [0.29, 0.717) is 42.1 Å². The average molecular weight is 1440 g/mol. The molecule has 8 aliphatic rings. The van der Waals surface area contributed by atoms with E-state index in [-0.39, 0.29) is 122 Å². The van der Waals surface area contributed by atoms with E-state index in [2.05, 4.69) is 172 Å². The van der Waals surface area contributed by atoms with Crippen LogP contribution >= 0.6 is 0 Å². The van der Waals surface area contributed by atoms with E-state index >= 15 is 0 Å². The fraction of sp³-hybridized carbons (Fsp3) is 0.674. The first-order valence-corrected chi connectivity index (χ1v) is 37.1. The normalized spacial score (nSPS) is 32.4. The van der Waals surface area contributed by atoms with Crippen LogP contribution in [0, 0.1) is 45.3 Å². The predicted molar refractivity (Wildman–Crippen MR) is 380 cm³/mol. The van der Waals surface area contributed by atoms with Gasteiger partial charge in [0.25, 0.3) is 0 Å². The van der Waals surface area contributed by atoms with Gasteiger partial charge in [0.2, 0.25) is 0 Å². The molecule has 12 unspecified atom stereocenters. The second-order valence-electron chi connectivity index (χ2n) is 34.3. The van der Waals surface area contributed by atoms with Gasteiger partial charge < -0.3 is 24.2 Å². The van der Waals surface area contributed by atoms with E-state index in [4.69, 9.17) is 14.6 Å². The van der Waals surface area contributed by atoms with Crippen LogP contribution in [0.25, 0.3) is 0 Å². The third-order valence-electron chi connectivity index (χ3n) is 27.6. The molecule has 0 aliphatic heterocycles. The Hall–Kier alpha value is -2.67. The van der Waals surface area contributed by atoms with Crippen molar-refractivity contribution in [3.05, 3.63) is 138 Å². The van der Waals surface area contributed by atoms with Gasteiger partial charge in [-0.15, -0.1) is 10.8 Å². The molecule has 95 heavy (non-hydrogen) atoms. The maximum atomic E-state index is 13.5. The Morgan fingerprint density at radius 1 is 0.432 bits per heavy atom. The van der Waals surface area contributed by atoms with Gasteiger partial charge in [0.1, 0.15) is 0 Å². The number of aryl methyl sites for hydroxylation is 4. The quantitative estimate of drug-likeness (QED) is 0.105. The van der Waals surface area contributed by atoms with Crippen molar-refractivity contribution in [2.24, 2.45) is 45.3 Å². The molecule has 1 N–H and O–H groups in total. The Bertz CT molecular complexity index is 3380. The topological polar surface area (TPSA) is 107 Å². The molecule has 0 bridgehead atoms. The molecule has 4 fully saturated rings. The maximum absolute atomic E-state index is 13.5. The number of esters is 2. The first-order valence-electron chi connectivity index (χ1n) is 37.1. The second kappa shape index (κ2) is 29.7. The van der Waals surface area contributed by atoms with Crippen LogP contribution in [0.5, 0.6) is 0 Å².